The highest BCUT2D eigenvalue weighted by molar-refractivity contribution is 5.99. The Morgan fingerprint density at radius 3 is 2.69 bits per heavy atom. The predicted octanol–water partition coefficient (Wildman–Crippen LogP) is 3.33. The summed E-state index contributed by atoms with van der Waals surface area (Å²) < 4.78 is 34.0. The van der Waals surface area contributed by atoms with Gasteiger partial charge in [0, 0.05) is 18.4 Å². The van der Waals surface area contributed by atoms with Crippen LogP contribution in [-0.4, -0.2) is 46.1 Å². The number of methoxy groups -OCH3 is 3. The van der Waals surface area contributed by atoms with Gasteiger partial charge in [-0.25, -0.2) is 0 Å². The Hall–Kier alpha value is -2.67. The summed E-state index contributed by atoms with van der Waals surface area (Å²) in [5.41, 5.74) is 0.454. The Morgan fingerprint density at radius 2 is 2.03 bits per heavy atom. The maximum absolute atomic E-state index is 12.8. The number of allylic oxidation sites excluding steroid dienone is 2. The lowest BCUT2D eigenvalue weighted by Gasteiger charge is -2.39. The van der Waals surface area contributed by atoms with Gasteiger partial charge in [-0.15, -0.1) is 6.58 Å². The van der Waals surface area contributed by atoms with Gasteiger partial charge in [0.1, 0.15) is 18.0 Å². The summed E-state index contributed by atoms with van der Waals surface area (Å²) >= 11 is 0. The molecule has 4 atom stereocenters. The highest BCUT2D eigenvalue weighted by Crippen LogP contribution is 2.61. The first-order valence-corrected chi connectivity index (χ1v) is 9.61. The van der Waals surface area contributed by atoms with Gasteiger partial charge in [-0.2, -0.15) is 0 Å². The molecule has 0 radical (unpaired) electrons. The molecule has 1 saturated heterocycles. The van der Waals surface area contributed by atoms with Crippen LogP contribution < -0.4 is 14.2 Å². The first-order chi connectivity index (χ1) is 14.0. The minimum absolute atomic E-state index is 0.0881. The van der Waals surface area contributed by atoms with E-state index in [1.54, 1.807) is 14.2 Å². The number of carbonyl (C=O) groups excluding carboxylic acids is 1. The van der Waals surface area contributed by atoms with Crippen LogP contribution in [-0.2, 0) is 19.0 Å². The second kappa shape index (κ2) is 7.30. The molecule has 0 aromatic heterocycles. The van der Waals surface area contributed by atoms with Gasteiger partial charge >= 0.3 is 0 Å². The van der Waals surface area contributed by atoms with Gasteiger partial charge in [0.25, 0.3) is 0 Å². The summed E-state index contributed by atoms with van der Waals surface area (Å²) in [5, 5.41) is 0. The molecular weight excluding hydrogens is 376 g/mol. The van der Waals surface area contributed by atoms with E-state index in [-0.39, 0.29) is 30.4 Å². The third kappa shape index (κ3) is 2.79. The fourth-order valence-corrected chi connectivity index (χ4v) is 5.01. The molecule has 2 heterocycles. The molecule has 0 spiro atoms. The normalized spacial score (nSPS) is 30.1. The molecule has 156 valence electrons. The first kappa shape index (κ1) is 19.6. The Morgan fingerprint density at radius 1 is 1.24 bits per heavy atom. The Kier molecular flexibility index (Phi) is 4.94. The van der Waals surface area contributed by atoms with E-state index in [4.69, 9.17) is 28.4 Å². The topological polar surface area (TPSA) is 72.5 Å². The van der Waals surface area contributed by atoms with Crippen LogP contribution in [0.4, 0.5) is 0 Å². The molecule has 0 saturated carbocycles. The van der Waals surface area contributed by atoms with Crippen LogP contribution in [0.1, 0.15) is 31.2 Å². The zero-order valence-corrected chi connectivity index (χ0v) is 17.2. The van der Waals surface area contributed by atoms with Crippen LogP contribution in [0.3, 0.4) is 0 Å². The Labute approximate surface area is 170 Å². The number of hydrogen-bond acceptors (Lipinski definition) is 7. The van der Waals surface area contributed by atoms with Crippen LogP contribution in [0.5, 0.6) is 17.2 Å². The quantitative estimate of drug-likeness (QED) is 0.676. The zero-order chi connectivity index (χ0) is 20.8. The number of ether oxygens (including phenoxy) is 6. The average molecular weight is 402 g/mol. The molecule has 29 heavy (non-hydrogen) atoms. The minimum Gasteiger partial charge on any atom is -0.493 e. The van der Waals surface area contributed by atoms with Crippen LogP contribution in [0.15, 0.2) is 36.3 Å². The third-order valence-electron chi connectivity index (χ3n) is 6.13. The van der Waals surface area contributed by atoms with Crippen molar-refractivity contribution >= 4 is 5.78 Å². The number of Topliss-reactive ketones (excluding diaryl/α,β-unsaturated/α-hetero) is 1. The van der Waals surface area contributed by atoms with Gasteiger partial charge in [0.15, 0.2) is 11.5 Å². The van der Waals surface area contributed by atoms with E-state index in [1.165, 1.54) is 7.11 Å². The molecule has 7 heteroatoms. The van der Waals surface area contributed by atoms with Gasteiger partial charge in [0.05, 0.1) is 14.2 Å². The molecule has 0 amide bonds. The molecule has 1 aromatic carbocycles. The van der Waals surface area contributed by atoms with Crippen molar-refractivity contribution in [3.8, 4) is 17.2 Å². The van der Waals surface area contributed by atoms with Gasteiger partial charge in [0.2, 0.25) is 24.1 Å². The largest absolute Gasteiger partial charge is 0.493 e. The van der Waals surface area contributed by atoms with E-state index in [0.29, 0.717) is 35.8 Å². The van der Waals surface area contributed by atoms with Gasteiger partial charge in [-0.1, -0.05) is 6.08 Å². The van der Waals surface area contributed by atoms with E-state index in [1.807, 2.05) is 25.1 Å². The standard InChI is InChI=1S/C22H26O7/c1-6-7-22-10-16(25-4)18(23)20(26-5)21(22)29-12(2)17(22)13-8-14(24-3)19-15(9-13)27-11-28-19/h6,8-9,12,16-17H,1,7,10-11H2,2-5H3/t12-,16+,17+,22+/m1/s1. The molecule has 0 N–H and O–H groups in total. The van der Waals surface area contributed by atoms with Gasteiger partial charge in [-0.3, -0.25) is 4.79 Å². The number of fused-ring (bicyclic) bond motifs is 2. The Balaban J connectivity index is 1.91. The number of hydrogen-bond donors (Lipinski definition) is 0. The predicted molar refractivity (Wildman–Crippen MR) is 104 cm³/mol. The van der Waals surface area contributed by atoms with Crippen molar-refractivity contribution < 1.29 is 33.2 Å². The number of ketones is 1. The lowest BCUT2D eigenvalue weighted by Crippen LogP contribution is -2.42. The van der Waals surface area contributed by atoms with E-state index in [9.17, 15) is 4.79 Å². The molecule has 7 nitrogen and oxygen atoms in total. The summed E-state index contributed by atoms with van der Waals surface area (Å²) in [5.74, 6) is 2.37. The van der Waals surface area contributed by atoms with Crippen LogP contribution >= 0.6 is 0 Å². The SMILES string of the molecule is C=CC[C@@]12C[C@H](OC)C(=O)C(OC)=C1O[C@H](C)[C@H]2c1cc(OC)c2c(c1)OCO2. The van der Waals surface area contributed by atoms with Crippen LogP contribution in [0.2, 0.25) is 0 Å². The fourth-order valence-electron chi connectivity index (χ4n) is 5.01. The monoisotopic (exact) mass is 402 g/mol. The first-order valence-electron chi connectivity index (χ1n) is 9.61. The zero-order valence-electron chi connectivity index (χ0n) is 17.2. The summed E-state index contributed by atoms with van der Waals surface area (Å²) in [6.45, 7) is 6.11. The maximum atomic E-state index is 12.8. The molecule has 0 unspecified atom stereocenters. The molecular formula is C22H26O7. The number of carbonyl (C=O) groups is 1. The second-order valence-corrected chi connectivity index (χ2v) is 7.56. The third-order valence-corrected chi connectivity index (χ3v) is 6.13. The summed E-state index contributed by atoms with van der Waals surface area (Å²) in [4.78, 5) is 12.8. The highest BCUT2D eigenvalue weighted by Gasteiger charge is 2.59. The van der Waals surface area contributed by atoms with E-state index < -0.39 is 11.5 Å². The molecule has 1 aromatic rings. The van der Waals surface area contributed by atoms with E-state index in [2.05, 4.69) is 6.58 Å². The minimum atomic E-state index is -0.610. The van der Waals surface area contributed by atoms with Crippen molar-refractivity contribution in [2.45, 2.75) is 37.9 Å². The van der Waals surface area contributed by atoms with Gasteiger partial charge < -0.3 is 28.4 Å². The second-order valence-electron chi connectivity index (χ2n) is 7.56. The lowest BCUT2D eigenvalue weighted by molar-refractivity contribution is -0.132. The summed E-state index contributed by atoms with van der Waals surface area (Å²) in [6.07, 6.45) is 2.12. The van der Waals surface area contributed by atoms with E-state index >= 15 is 0 Å². The van der Waals surface area contributed by atoms with Crippen molar-refractivity contribution in [3.05, 3.63) is 41.9 Å². The van der Waals surface area contributed by atoms with Crippen molar-refractivity contribution in [2.24, 2.45) is 5.41 Å². The van der Waals surface area contributed by atoms with Crippen molar-refractivity contribution in [1.82, 2.24) is 0 Å². The van der Waals surface area contributed by atoms with Crippen LogP contribution in [0.25, 0.3) is 0 Å². The summed E-state index contributed by atoms with van der Waals surface area (Å²) in [6, 6.07) is 3.92. The van der Waals surface area contributed by atoms with Crippen LogP contribution in [0, 0.1) is 5.41 Å². The lowest BCUT2D eigenvalue weighted by atomic mass is 9.63. The fraction of sp³-hybridized carbons (Fsp3) is 0.500. The smallest absolute Gasteiger partial charge is 0.231 e. The Bertz CT molecular complexity index is 874. The van der Waals surface area contributed by atoms with Crippen molar-refractivity contribution in [3.63, 3.8) is 0 Å². The van der Waals surface area contributed by atoms with Crippen molar-refractivity contribution in [2.75, 3.05) is 28.1 Å². The van der Waals surface area contributed by atoms with E-state index in [0.717, 1.165) is 5.56 Å². The van der Waals surface area contributed by atoms with Gasteiger partial charge in [-0.05, 0) is 37.5 Å². The highest BCUT2D eigenvalue weighted by atomic mass is 16.7. The molecule has 1 fully saturated rings. The molecule has 1 aliphatic carbocycles. The number of rotatable bonds is 6. The number of benzene rings is 1. The van der Waals surface area contributed by atoms with Crippen molar-refractivity contribution in [1.29, 1.82) is 0 Å². The molecule has 2 aliphatic heterocycles. The molecule has 0 bridgehead atoms. The average Bonchev–Trinajstić information content (AvgIpc) is 3.29. The molecule has 3 aliphatic rings. The molecule has 4 rings (SSSR count). The maximum Gasteiger partial charge on any atom is 0.231 e. The summed E-state index contributed by atoms with van der Waals surface area (Å²) in [7, 11) is 4.63.